The Kier molecular flexibility index (Phi) is 8.22. The van der Waals surface area contributed by atoms with E-state index in [1.54, 1.807) is 0 Å². The second-order valence-electron chi connectivity index (χ2n) is 10.7. The molecule has 0 aromatic heterocycles. The highest BCUT2D eigenvalue weighted by atomic mass is 19.4. The number of halogens is 3. The summed E-state index contributed by atoms with van der Waals surface area (Å²) in [5.74, 6) is -3.08. The minimum atomic E-state index is -4.82. The van der Waals surface area contributed by atoms with Crippen LogP contribution in [0.3, 0.4) is 0 Å². The minimum Gasteiger partial charge on any atom is -0.480 e. The van der Waals surface area contributed by atoms with E-state index in [-0.39, 0.29) is 25.5 Å². The lowest BCUT2D eigenvalue weighted by Crippen LogP contribution is -2.62. The van der Waals surface area contributed by atoms with E-state index >= 15 is 0 Å². The number of fused-ring (bicyclic) bond motifs is 3. The van der Waals surface area contributed by atoms with Crippen LogP contribution in [-0.2, 0) is 20.9 Å². The second-order valence-corrected chi connectivity index (χ2v) is 10.7. The standard InChI is InChI=1S/C31H30F3N3O5/c32-31(33,34)16-26(27(38)39)35-28(40)30(14-15-37(19-30)17-20-8-2-1-3-9-20)36-29(41)42-18-25-23-12-6-4-10-21(23)22-11-5-7-13-24(22)25/h1-13,25-26H,14-19H2,(H,35,40)(H,36,41)(H,38,39). The van der Waals surface area contributed by atoms with Gasteiger partial charge in [0.2, 0.25) is 5.91 Å². The maximum absolute atomic E-state index is 13.5. The first kappa shape index (κ1) is 29.1. The fourth-order valence-electron chi connectivity index (χ4n) is 5.77. The molecule has 11 heteroatoms. The third-order valence-electron chi connectivity index (χ3n) is 7.76. The van der Waals surface area contributed by atoms with Crippen LogP contribution in [0.25, 0.3) is 11.1 Å². The lowest BCUT2D eigenvalue weighted by molar-refractivity contribution is -0.160. The first-order chi connectivity index (χ1) is 20.0. The van der Waals surface area contributed by atoms with Gasteiger partial charge in [0.05, 0.1) is 6.42 Å². The summed E-state index contributed by atoms with van der Waals surface area (Å²) in [5.41, 5.74) is 3.30. The van der Waals surface area contributed by atoms with Gasteiger partial charge in [-0.15, -0.1) is 0 Å². The molecule has 3 N–H and O–H groups in total. The van der Waals surface area contributed by atoms with E-state index in [2.05, 4.69) is 5.32 Å². The number of carboxylic acid groups (broad SMARTS) is 1. The van der Waals surface area contributed by atoms with Crippen molar-refractivity contribution in [3.63, 3.8) is 0 Å². The highest BCUT2D eigenvalue weighted by Gasteiger charge is 2.48. The SMILES string of the molecule is O=C(NC1(C(=O)NC(CC(F)(F)F)C(=O)O)CCN(Cc2ccccc2)C1)OCC1c2ccccc2-c2ccccc21. The van der Waals surface area contributed by atoms with Crippen molar-refractivity contribution in [2.45, 2.75) is 43.1 Å². The molecule has 2 aliphatic rings. The maximum atomic E-state index is 13.5. The number of hydrogen-bond acceptors (Lipinski definition) is 5. The molecule has 3 aromatic carbocycles. The Morgan fingerprint density at radius 1 is 0.952 bits per heavy atom. The number of hydrogen-bond donors (Lipinski definition) is 3. The van der Waals surface area contributed by atoms with Gasteiger partial charge >= 0.3 is 18.2 Å². The van der Waals surface area contributed by atoms with Gasteiger partial charge in [-0.05, 0) is 34.2 Å². The van der Waals surface area contributed by atoms with Crippen LogP contribution >= 0.6 is 0 Å². The van der Waals surface area contributed by atoms with Crippen LogP contribution in [0, 0.1) is 0 Å². The molecular weight excluding hydrogens is 551 g/mol. The number of likely N-dealkylation sites (tertiary alicyclic amines) is 1. The molecule has 2 amide bonds. The van der Waals surface area contributed by atoms with Gasteiger partial charge in [0.15, 0.2) is 0 Å². The number of carbonyl (C=O) groups is 3. The molecule has 220 valence electrons. The predicted octanol–water partition coefficient (Wildman–Crippen LogP) is 4.69. The number of nitrogens with one attached hydrogen (secondary N) is 2. The molecule has 1 saturated heterocycles. The topological polar surface area (TPSA) is 108 Å². The van der Waals surface area contributed by atoms with E-state index in [4.69, 9.17) is 4.74 Å². The molecule has 1 aliphatic heterocycles. The molecule has 0 bridgehead atoms. The molecular formula is C31H30F3N3O5. The minimum absolute atomic E-state index is 0.0306. The molecule has 3 aromatic rings. The van der Waals surface area contributed by atoms with Gasteiger partial charge in [-0.2, -0.15) is 13.2 Å². The monoisotopic (exact) mass is 581 g/mol. The molecule has 0 saturated carbocycles. The van der Waals surface area contributed by atoms with Crippen molar-refractivity contribution in [3.8, 4) is 11.1 Å². The second kappa shape index (κ2) is 11.8. The predicted molar refractivity (Wildman–Crippen MR) is 148 cm³/mol. The smallest absolute Gasteiger partial charge is 0.408 e. The van der Waals surface area contributed by atoms with Crippen molar-refractivity contribution in [2.24, 2.45) is 0 Å². The highest BCUT2D eigenvalue weighted by molar-refractivity contribution is 5.93. The van der Waals surface area contributed by atoms with Gasteiger partial charge in [0, 0.05) is 25.6 Å². The molecule has 0 spiro atoms. The van der Waals surface area contributed by atoms with Gasteiger partial charge < -0.3 is 20.5 Å². The summed E-state index contributed by atoms with van der Waals surface area (Å²) in [6.45, 7) is 0.684. The Hall–Kier alpha value is -4.38. The van der Waals surface area contributed by atoms with Crippen LogP contribution in [0.5, 0.6) is 0 Å². The normalized spacial score (nSPS) is 19.0. The molecule has 1 aliphatic carbocycles. The number of amides is 2. The average molecular weight is 582 g/mol. The Labute approximate surface area is 240 Å². The third kappa shape index (κ3) is 6.41. The molecule has 5 rings (SSSR count). The lowest BCUT2D eigenvalue weighted by Gasteiger charge is -2.31. The number of aliphatic carboxylic acids is 1. The number of benzene rings is 3. The highest BCUT2D eigenvalue weighted by Crippen LogP contribution is 2.44. The third-order valence-corrected chi connectivity index (χ3v) is 7.76. The number of alkyl halides is 3. The molecule has 1 heterocycles. The Morgan fingerprint density at radius 2 is 1.55 bits per heavy atom. The maximum Gasteiger partial charge on any atom is 0.408 e. The van der Waals surface area contributed by atoms with Crippen LogP contribution < -0.4 is 10.6 Å². The first-order valence-electron chi connectivity index (χ1n) is 13.5. The van der Waals surface area contributed by atoms with Crippen molar-refractivity contribution in [3.05, 3.63) is 95.6 Å². The van der Waals surface area contributed by atoms with Crippen molar-refractivity contribution in [1.82, 2.24) is 15.5 Å². The van der Waals surface area contributed by atoms with E-state index in [0.717, 1.165) is 27.8 Å². The van der Waals surface area contributed by atoms with Gasteiger partial charge in [0.25, 0.3) is 0 Å². The van der Waals surface area contributed by atoms with E-state index in [9.17, 15) is 32.7 Å². The summed E-state index contributed by atoms with van der Waals surface area (Å²) in [5, 5.41) is 14.0. The fourth-order valence-corrected chi connectivity index (χ4v) is 5.77. The molecule has 2 atom stereocenters. The molecule has 42 heavy (non-hydrogen) atoms. The summed E-state index contributed by atoms with van der Waals surface area (Å²) in [6.07, 6.45) is -7.44. The zero-order valence-corrected chi connectivity index (χ0v) is 22.6. The quantitative estimate of drug-likeness (QED) is 0.339. The first-order valence-corrected chi connectivity index (χ1v) is 13.5. The summed E-state index contributed by atoms with van der Waals surface area (Å²) >= 11 is 0. The van der Waals surface area contributed by atoms with Gasteiger partial charge in [0.1, 0.15) is 18.2 Å². The number of alkyl carbamates (subject to hydrolysis) is 1. The van der Waals surface area contributed by atoms with E-state index in [1.807, 2.05) is 89.1 Å². The zero-order valence-electron chi connectivity index (χ0n) is 22.6. The zero-order chi connectivity index (χ0) is 29.9. The van der Waals surface area contributed by atoms with Gasteiger partial charge in [-0.1, -0.05) is 78.9 Å². The fraction of sp³-hybridized carbons (Fsp3) is 0.323. The van der Waals surface area contributed by atoms with Crippen LogP contribution in [0.15, 0.2) is 78.9 Å². The van der Waals surface area contributed by atoms with Crippen LogP contribution in [0.2, 0.25) is 0 Å². The van der Waals surface area contributed by atoms with Gasteiger partial charge in [-0.3, -0.25) is 9.69 Å². The van der Waals surface area contributed by atoms with Gasteiger partial charge in [-0.25, -0.2) is 9.59 Å². The number of nitrogens with zero attached hydrogens (tertiary/aromatic N) is 1. The average Bonchev–Trinajstić information content (AvgIpc) is 3.50. The molecule has 1 fully saturated rings. The van der Waals surface area contributed by atoms with E-state index in [1.165, 1.54) is 0 Å². The largest absolute Gasteiger partial charge is 0.480 e. The summed E-state index contributed by atoms with van der Waals surface area (Å²) in [6, 6.07) is 22.7. The summed E-state index contributed by atoms with van der Waals surface area (Å²) < 4.78 is 44.8. The van der Waals surface area contributed by atoms with Crippen molar-refractivity contribution < 1.29 is 37.4 Å². The molecule has 8 nitrogen and oxygen atoms in total. The van der Waals surface area contributed by atoms with Crippen LogP contribution in [0.4, 0.5) is 18.0 Å². The van der Waals surface area contributed by atoms with Crippen molar-refractivity contribution in [1.29, 1.82) is 0 Å². The number of carbonyl (C=O) groups excluding carboxylic acids is 2. The molecule has 0 radical (unpaired) electrons. The number of ether oxygens (including phenoxy) is 1. The number of carboxylic acids is 1. The van der Waals surface area contributed by atoms with Crippen molar-refractivity contribution >= 4 is 18.0 Å². The summed E-state index contributed by atoms with van der Waals surface area (Å²) in [4.78, 5) is 40.1. The number of rotatable bonds is 9. The van der Waals surface area contributed by atoms with E-state index < -0.39 is 42.1 Å². The van der Waals surface area contributed by atoms with Crippen LogP contribution in [-0.4, -0.2) is 65.4 Å². The van der Waals surface area contributed by atoms with Crippen molar-refractivity contribution in [2.75, 3.05) is 19.7 Å². The molecule has 2 unspecified atom stereocenters. The Bertz CT molecular complexity index is 1420. The lowest BCUT2D eigenvalue weighted by atomic mass is 9.96. The summed E-state index contributed by atoms with van der Waals surface area (Å²) in [7, 11) is 0. The van der Waals surface area contributed by atoms with Crippen LogP contribution in [0.1, 0.15) is 35.4 Å². The van der Waals surface area contributed by atoms with E-state index in [0.29, 0.717) is 13.1 Å². The Morgan fingerprint density at radius 3 is 2.14 bits per heavy atom. The Balaban J connectivity index is 1.33.